The first-order valence-electron chi connectivity index (χ1n) is 6.51. The minimum absolute atomic E-state index is 0.0163. The van der Waals surface area contributed by atoms with Crippen LogP contribution in [0.4, 0.5) is 0 Å². The summed E-state index contributed by atoms with van der Waals surface area (Å²) in [5, 5.41) is 0. The molecular weight excluding hydrogens is 304 g/mol. The molecule has 0 N–H and O–H groups in total. The Labute approximate surface area is 123 Å². The topological polar surface area (TPSA) is 26.3 Å². The minimum Gasteiger partial charge on any atom is -0.492 e. The SMILES string of the molecule is CC(=O)CCC1=CC(C)(C)COc2ccc(Br)cc21. The molecule has 2 rings (SSSR count). The van der Waals surface area contributed by atoms with Crippen molar-refractivity contribution in [2.45, 2.75) is 33.6 Å². The number of hydrogen-bond donors (Lipinski definition) is 0. The second kappa shape index (κ2) is 5.49. The van der Waals surface area contributed by atoms with E-state index in [-0.39, 0.29) is 11.2 Å². The Morgan fingerprint density at radius 1 is 1.42 bits per heavy atom. The van der Waals surface area contributed by atoms with Crippen LogP contribution in [-0.4, -0.2) is 12.4 Å². The zero-order valence-corrected chi connectivity index (χ0v) is 13.2. The number of hydrogen-bond acceptors (Lipinski definition) is 2. The van der Waals surface area contributed by atoms with Gasteiger partial charge in [-0.25, -0.2) is 0 Å². The van der Waals surface area contributed by atoms with E-state index in [4.69, 9.17) is 4.74 Å². The molecule has 0 amide bonds. The van der Waals surface area contributed by atoms with Gasteiger partial charge in [0, 0.05) is 21.9 Å². The number of fused-ring (bicyclic) bond motifs is 1. The van der Waals surface area contributed by atoms with E-state index in [1.165, 1.54) is 5.57 Å². The Bertz CT molecular complexity index is 530. The van der Waals surface area contributed by atoms with Gasteiger partial charge in [0.1, 0.15) is 11.5 Å². The van der Waals surface area contributed by atoms with Crippen LogP contribution in [0, 0.1) is 5.41 Å². The van der Waals surface area contributed by atoms with Gasteiger partial charge in [0.05, 0.1) is 6.61 Å². The Kier molecular flexibility index (Phi) is 4.14. The molecule has 1 aliphatic rings. The molecule has 0 fully saturated rings. The first-order valence-corrected chi connectivity index (χ1v) is 7.30. The van der Waals surface area contributed by atoms with Crippen LogP contribution in [-0.2, 0) is 4.79 Å². The summed E-state index contributed by atoms with van der Waals surface area (Å²) in [5.41, 5.74) is 2.28. The van der Waals surface area contributed by atoms with Gasteiger partial charge in [-0.1, -0.05) is 35.9 Å². The first kappa shape index (κ1) is 14.3. The molecule has 102 valence electrons. The molecule has 1 aliphatic heterocycles. The zero-order chi connectivity index (χ0) is 14.0. The average Bonchev–Trinajstić information content (AvgIpc) is 2.44. The smallest absolute Gasteiger partial charge is 0.130 e. The average molecular weight is 323 g/mol. The molecule has 0 aromatic heterocycles. The van der Waals surface area contributed by atoms with Crippen molar-refractivity contribution in [3.8, 4) is 5.75 Å². The zero-order valence-electron chi connectivity index (χ0n) is 11.6. The van der Waals surface area contributed by atoms with Crippen LogP contribution in [0.25, 0.3) is 5.57 Å². The fourth-order valence-corrected chi connectivity index (χ4v) is 2.61. The fraction of sp³-hybridized carbons (Fsp3) is 0.438. The highest BCUT2D eigenvalue weighted by atomic mass is 79.9. The minimum atomic E-state index is -0.0163. The fourth-order valence-electron chi connectivity index (χ4n) is 2.25. The van der Waals surface area contributed by atoms with Crippen molar-refractivity contribution in [2.75, 3.05) is 6.61 Å². The number of ketones is 1. The highest BCUT2D eigenvalue weighted by Gasteiger charge is 2.23. The maximum atomic E-state index is 11.2. The molecule has 2 nitrogen and oxygen atoms in total. The third kappa shape index (κ3) is 3.69. The maximum Gasteiger partial charge on any atom is 0.130 e. The third-order valence-electron chi connectivity index (χ3n) is 3.20. The normalized spacial score (nSPS) is 16.9. The standard InChI is InChI=1S/C16H19BrO2/c1-11(18)4-5-12-9-16(2,3)10-19-15-7-6-13(17)8-14(12)15/h6-9H,4-5,10H2,1-3H3. The predicted octanol–water partition coefficient (Wildman–Crippen LogP) is 4.62. The van der Waals surface area contributed by atoms with E-state index in [0.717, 1.165) is 22.2 Å². The van der Waals surface area contributed by atoms with Gasteiger partial charge >= 0.3 is 0 Å². The lowest BCUT2D eigenvalue weighted by molar-refractivity contribution is -0.116. The van der Waals surface area contributed by atoms with Gasteiger partial charge in [-0.2, -0.15) is 0 Å². The van der Waals surface area contributed by atoms with Gasteiger partial charge in [-0.15, -0.1) is 0 Å². The molecule has 1 aromatic carbocycles. The Morgan fingerprint density at radius 2 is 2.16 bits per heavy atom. The Morgan fingerprint density at radius 3 is 2.84 bits per heavy atom. The highest BCUT2D eigenvalue weighted by molar-refractivity contribution is 9.10. The molecule has 0 radical (unpaired) electrons. The van der Waals surface area contributed by atoms with Crippen molar-refractivity contribution < 1.29 is 9.53 Å². The summed E-state index contributed by atoms with van der Waals surface area (Å²) in [5.74, 6) is 1.13. The molecule has 0 atom stereocenters. The largest absolute Gasteiger partial charge is 0.492 e. The molecule has 0 unspecified atom stereocenters. The van der Waals surface area contributed by atoms with Crippen molar-refractivity contribution in [3.05, 3.63) is 34.3 Å². The van der Waals surface area contributed by atoms with Crippen molar-refractivity contribution >= 4 is 27.3 Å². The predicted molar refractivity (Wildman–Crippen MR) is 81.3 cm³/mol. The van der Waals surface area contributed by atoms with Crippen LogP contribution >= 0.6 is 15.9 Å². The lowest BCUT2D eigenvalue weighted by atomic mass is 9.88. The molecule has 0 saturated heterocycles. The summed E-state index contributed by atoms with van der Waals surface area (Å²) >= 11 is 3.50. The number of allylic oxidation sites excluding steroid dienone is 1. The van der Waals surface area contributed by atoms with Crippen LogP contribution in [0.1, 0.15) is 39.2 Å². The van der Waals surface area contributed by atoms with Crippen LogP contribution in [0.15, 0.2) is 28.7 Å². The number of carbonyl (C=O) groups is 1. The number of Topliss-reactive ketones (excluding diaryl/α,β-unsaturated/α-hetero) is 1. The van der Waals surface area contributed by atoms with E-state index in [9.17, 15) is 4.79 Å². The molecule has 0 spiro atoms. The molecule has 3 heteroatoms. The third-order valence-corrected chi connectivity index (χ3v) is 3.69. The number of benzene rings is 1. The number of carbonyl (C=O) groups excluding carboxylic acids is 1. The molecule has 1 aromatic rings. The second-order valence-corrected chi connectivity index (χ2v) is 6.71. The van der Waals surface area contributed by atoms with Crippen molar-refractivity contribution in [2.24, 2.45) is 5.41 Å². The van der Waals surface area contributed by atoms with Crippen LogP contribution in [0.2, 0.25) is 0 Å². The monoisotopic (exact) mass is 322 g/mol. The summed E-state index contributed by atoms with van der Waals surface area (Å²) in [4.78, 5) is 11.2. The van der Waals surface area contributed by atoms with Crippen molar-refractivity contribution in [1.29, 1.82) is 0 Å². The molecule has 0 aliphatic carbocycles. The van der Waals surface area contributed by atoms with E-state index in [1.54, 1.807) is 6.92 Å². The summed E-state index contributed by atoms with van der Waals surface area (Å²) < 4.78 is 6.93. The summed E-state index contributed by atoms with van der Waals surface area (Å²) in [6.45, 7) is 6.61. The van der Waals surface area contributed by atoms with Crippen LogP contribution in [0.3, 0.4) is 0 Å². The molecule has 0 bridgehead atoms. The summed E-state index contributed by atoms with van der Waals surface area (Å²) in [6, 6.07) is 6.05. The van der Waals surface area contributed by atoms with Crippen LogP contribution < -0.4 is 4.74 Å². The van der Waals surface area contributed by atoms with Gasteiger partial charge in [-0.05, 0) is 37.1 Å². The van der Waals surface area contributed by atoms with Gasteiger partial charge in [0.15, 0.2) is 0 Å². The molecular formula is C16H19BrO2. The van der Waals surface area contributed by atoms with E-state index >= 15 is 0 Å². The highest BCUT2D eigenvalue weighted by Crippen LogP contribution is 2.38. The Hall–Kier alpha value is -1.09. The van der Waals surface area contributed by atoms with E-state index in [1.807, 2.05) is 12.1 Å². The second-order valence-electron chi connectivity index (χ2n) is 5.79. The van der Waals surface area contributed by atoms with Gasteiger partial charge in [0.25, 0.3) is 0 Å². The summed E-state index contributed by atoms with van der Waals surface area (Å²) in [7, 11) is 0. The first-order chi connectivity index (χ1) is 8.87. The lowest BCUT2D eigenvalue weighted by Gasteiger charge is -2.18. The van der Waals surface area contributed by atoms with Crippen molar-refractivity contribution in [3.63, 3.8) is 0 Å². The van der Waals surface area contributed by atoms with Gasteiger partial charge < -0.3 is 9.53 Å². The maximum absolute atomic E-state index is 11.2. The Balaban J connectivity index is 2.42. The quantitative estimate of drug-likeness (QED) is 0.811. The van der Waals surface area contributed by atoms with Crippen molar-refractivity contribution in [1.82, 2.24) is 0 Å². The number of rotatable bonds is 3. The summed E-state index contributed by atoms with van der Waals surface area (Å²) in [6.07, 6.45) is 3.59. The van der Waals surface area contributed by atoms with E-state index in [2.05, 4.69) is 41.9 Å². The molecule has 1 heterocycles. The number of halogens is 1. The molecule has 0 saturated carbocycles. The van der Waals surface area contributed by atoms with Crippen LogP contribution in [0.5, 0.6) is 5.75 Å². The lowest BCUT2D eigenvalue weighted by Crippen LogP contribution is -2.17. The van der Waals surface area contributed by atoms with Gasteiger partial charge in [-0.3, -0.25) is 0 Å². The van der Waals surface area contributed by atoms with Gasteiger partial charge in [0.2, 0.25) is 0 Å². The number of ether oxygens (including phenoxy) is 1. The molecule has 19 heavy (non-hydrogen) atoms. The van der Waals surface area contributed by atoms with E-state index in [0.29, 0.717) is 13.0 Å². The van der Waals surface area contributed by atoms with E-state index < -0.39 is 0 Å².